The molecule has 4 heteroatoms. The van der Waals surface area contributed by atoms with E-state index in [1.54, 1.807) is 0 Å². The molecule has 9 unspecified atom stereocenters. The van der Waals surface area contributed by atoms with Crippen LogP contribution in [0.25, 0.3) is 0 Å². The minimum absolute atomic E-state index is 0.193. The minimum atomic E-state index is 0.193. The Hall–Kier alpha value is 0.0700. The van der Waals surface area contributed by atoms with Gasteiger partial charge < -0.3 is 9.47 Å². The third kappa shape index (κ3) is 2.38. The van der Waals surface area contributed by atoms with Crippen LogP contribution in [0.1, 0.15) is 57.8 Å². The molecule has 4 aliphatic carbocycles. The highest BCUT2D eigenvalue weighted by Gasteiger charge is 2.59. The molecule has 5 fully saturated rings. The summed E-state index contributed by atoms with van der Waals surface area (Å²) in [6.07, 6.45) is 11.3. The number of alkyl halides is 1. The molecule has 1 saturated heterocycles. The molecule has 1 heterocycles. The van der Waals surface area contributed by atoms with E-state index < -0.39 is 0 Å². The number of rotatable bonds is 0. The zero-order chi connectivity index (χ0) is 15.6. The van der Waals surface area contributed by atoms with Crippen molar-refractivity contribution in [3.05, 3.63) is 0 Å². The molecule has 0 bridgehead atoms. The monoisotopic (exact) mass is 382 g/mol. The number of Topliss-reactive ketones (excluding diaryl/α,β-unsaturated/α-hetero) is 1. The number of fused-ring (bicyclic) bond motifs is 6. The maximum absolute atomic E-state index is 12.9. The molecule has 3 nitrogen and oxygen atoms in total. The third-order valence-corrected chi connectivity index (χ3v) is 8.20. The summed E-state index contributed by atoms with van der Waals surface area (Å²) in [5.74, 6) is 2.23. The highest BCUT2D eigenvalue weighted by Crippen LogP contribution is 2.55. The highest BCUT2D eigenvalue weighted by atomic mass is 79.9. The first kappa shape index (κ1) is 15.3. The number of ether oxygens (including phenoxy) is 2. The lowest BCUT2D eigenvalue weighted by Crippen LogP contribution is -2.57. The van der Waals surface area contributed by atoms with Gasteiger partial charge in [-0.05, 0) is 50.9 Å². The van der Waals surface area contributed by atoms with Gasteiger partial charge in [0, 0.05) is 22.6 Å². The third-order valence-electron chi connectivity index (χ3n) is 7.37. The summed E-state index contributed by atoms with van der Waals surface area (Å²) in [4.78, 5) is 13.5. The normalized spacial score (nSPS) is 55.5. The number of halogens is 1. The summed E-state index contributed by atoms with van der Waals surface area (Å²) in [6, 6.07) is 0. The summed E-state index contributed by atoms with van der Waals surface area (Å²) in [5.41, 5.74) is 0. The molecule has 0 aromatic carbocycles. The van der Waals surface area contributed by atoms with Crippen LogP contribution in [0, 0.1) is 23.7 Å². The number of carbonyl (C=O) groups is 1. The van der Waals surface area contributed by atoms with Crippen molar-refractivity contribution < 1.29 is 14.3 Å². The van der Waals surface area contributed by atoms with Gasteiger partial charge in [0.25, 0.3) is 0 Å². The topological polar surface area (TPSA) is 35.5 Å². The van der Waals surface area contributed by atoms with Crippen LogP contribution in [0.3, 0.4) is 0 Å². The quantitative estimate of drug-likeness (QED) is 0.596. The summed E-state index contributed by atoms with van der Waals surface area (Å²) in [6.45, 7) is 0. The zero-order valence-corrected chi connectivity index (χ0v) is 15.2. The molecule has 0 N–H and O–H groups in total. The van der Waals surface area contributed by atoms with E-state index in [-0.39, 0.29) is 30.3 Å². The van der Waals surface area contributed by atoms with Gasteiger partial charge in [-0.1, -0.05) is 28.8 Å². The number of carbonyl (C=O) groups excluding carboxylic acids is 1. The lowest BCUT2D eigenvalue weighted by molar-refractivity contribution is -0.260. The van der Waals surface area contributed by atoms with E-state index in [2.05, 4.69) is 15.9 Å². The molecule has 4 saturated carbocycles. The van der Waals surface area contributed by atoms with Crippen LogP contribution in [0.5, 0.6) is 0 Å². The van der Waals surface area contributed by atoms with Gasteiger partial charge in [0.05, 0.1) is 24.4 Å². The van der Waals surface area contributed by atoms with Gasteiger partial charge >= 0.3 is 0 Å². The Kier molecular flexibility index (Phi) is 3.87. The molecule has 23 heavy (non-hydrogen) atoms. The molecule has 0 radical (unpaired) electrons. The van der Waals surface area contributed by atoms with E-state index in [0.717, 1.165) is 32.1 Å². The van der Waals surface area contributed by atoms with Crippen LogP contribution >= 0.6 is 15.9 Å². The van der Waals surface area contributed by atoms with Crippen molar-refractivity contribution in [2.45, 2.75) is 87.0 Å². The second-order valence-electron chi connectivity index (χ2n) is 8.48. The average molecular weight is 383 g/mol. The molecule has 0 amide bonds. The van der Waals surface area contributed by atoms with Crippen LogP contribution in [0.2, 0.25) is 0 Å². The minimum Gasteiger partial charge on any atom is -0.370 e. The predicted molar refractivity (Wildman–Crippen MR) is 90.6 cm³/mol. The molecule has 128 valence electrons. The Labute approximate surface area is 147 Å². The summed E-state index contributed by atoms with van der Waals surface area (Å²) in [5, 5.41) is 0. The molecule has 9 atom stereocenters. The van der Waals surface area contributed by atoms with Crippen molar-refractivity contribution in [3.8, 4) is 0 Å². The lowest BCUT2D eigenvalue weighted by Gasteiger charge is -2.51. The molecule has 5 rings (SSSR count). The molecular formula is C19H27BrO3. The number of hydrogen-bond acceptors (Lipinski definition) is 3. The predicted octanol–water partition coefficient (Wildman–Crippen LogP) is 3.87. The van der Waals surface area contributed by atoms with Gasteiger partial charge in [0.2, 0.25) is 0 Å². The van der Waals surface area contributed by atoms with Gasteiger partial charge in [-0.15, -0.1) is 0 Å². The first-order valence-corrected chi connectivity index (χ1v) is 10.6. The van der Waals surface area contributed by atoms with Crippen molar-refractivity contribution in [2.24, 2.45) is 23.7 Å². The Balaban J connectivity index is 1.40. The smallest absolute Gasteiger partial charge is 0.139 e. The second-order valence-corrected chi connectivity index (χ2v) is 9.78. The lowest BCUT2D eigenvalue weighted by atomic mass is 9.70. The van der Waals surface area contributed by atoms with Crippen molar-refractivity contribution in [2.75, 3.05) is 0 Å². The van der Waals surface area contributed by atoms with E-state index >= 15 is 0 Å². The first-order valence-electron chi connectivity index (χ1n) is 9.71. The van der Waals surface area contributed by atoms with Crippen molar-refractivity contribution in [3.63, 3.8) is 0 Å². The van der Waals surface area contributed by atoms with Gasteiger partial charge in [-0.25, -0.2) is 0 Å². The van der Waals surface area contributed by atoms with Gasteiger partial charge in [-0.2, -0.15) is 0 Å². The molecule has 0 aromatic rings. The van der Waals surface area contributed by atoms with Crippen molar-refractivity contribution >= 4 is 21.7 Å². The fraction of sp³-hybridized carbons (Fsp3) is 0.947. The SMILES string of the molecule is O=C1C2CCCCC2C2C1CCC1OC3CC(Br)CCC3OC12. The van der Waals surface area contributed by atoms with Crippen LogP contribution in [-0.2, 0) is 14.3 Å². The molecule has 1 aliphatic heterocycles. The maximum atomic E-state index is 12.9. The average Bonchev–Trinajstić information content (AvgIpc) is 2.86. The molecular weight excluding hydrogens is 356 g/mol. The van der Waals surface area contributed by atoms with Gasteiger partial charge in [0.1, 0.15) is 5.78 Å². The Bertz CT molecular complexity index is 495. The Morgan fingerprint density at radius 2 is 1.65 bits per heavy atom. The van der Waals surface area contributed by atoms with E-state index in [0.29, 0.717) is 28.4 Å². The summed E-state index contributed by atoms with van der Waals surface area (Å²) >= 11 is 3.76. The highest BCUT2D eigenvalue weighted by molar-refractivity contribution is 9.09. The van der Waals surface area contributed by atoms with Crippen molar-refractivity contribution in [1.82, 2.24) is 0 Å². The molecule has 5 aliphatic rings. The molecule has 0 spiro atoms. The van der Waals surface area contributed by atoms with Crippen molar-refractivity contribution in [1.29, 1.82) is 0 Å². The maximum Gasteiger partial charge on any atom is 0.139 e. The fourth-order valence-corrected chi connectivity index (χ4v) is 7.03. The van der Waals surface area contributed by atoms with E-state index in [1.165, 1.54) is 25.7 Å². The van der Waals surface area contributed by atoms with E-state index in [1.807, 2.05) is 0 Å². The summed E-state index contributed by atoms with van der Waals surface area (Å²) in [7, 11) is 0. The fourth-order valence-electron chi connectivity index (χ4n) is 6.40. The Morgan fingerprint density at radius 1 is 0.826 bits per heavy atom. The largest absolute Gasteiger partial charge is 0.370 e. The number of hydrogen-bond donors (Lipinski definition) is 0. The van der Waals surface area contributed by atoms with Gasteiger partial charge in [0.15, 0.2) is 0 Å². The Morgan fingerprint density at radius 3 is 2.57 bits per heavy atom. The van der Waals surface area contributed by atoms with Crippen LogP contribution in [0.15, 0.2) is 0 Å². The zero-order valence-electron chi connectivity index (χ0n) is 13.7. The number of ketones is 1. The first-order chi connectivity index (χ1) is 11.2. The summed E-state index contributed by atoms with van der Waals surface area (Å²) < 4.78 is 13.2. The van der Waals surface area contributed by atoms with Gasteiger partial charge in [-0.3, -0.25) is 4.79 Å². The van der Waals surface area contributed by atoms with Crippen LogP contribution in [-0.4, -0.2) is 35.0 Å². The van der Waals surface area contributed by atoms with E-state index in [9.17, 15) is 4.79 Å². The van der Waals surface area contributed by atoms with Crippen LogP contribution in [0.4, 0.5) is 0 Å². The standard InChI is InChI=1S/C19H27BrO3/c20-10-5-7-14-16(9-10)22-15-8-6-13-17(19(15)23-14)11-3-1-2-4-12(11)18(13)21/h10-17,19H,1-9H2. The second kappa shape index (κ2) is 5.81. The van der Waals surface area contributed by atoms with E-state index in [4.69, 9.17) is 9.47 Å². The van der Waals surface area contributed by atoms with Crippen LogP contribution < -0.4 is 0 Å². The molecule has 0 aromatic heterocycles.